The highest BCUT2D eigenvalue weighted by molar-refractivity contribution is 7.88. The molecule has 0 radical (unpaired) electrons. The molecule has 26 heavy (non-hydrogen) atoms. The van der Waals surface area contributed by atoms with Crippen molar-refractivity contribution in [1.29, 1.82) is 0 Å². The minimum atomic E-state index is -3.68. The molecule has 1 N–H and O–H groups in total. The van der Waals surface area contributed by atoms with Gasteiger partial charge in [0, 0.05) is 31.5 Å². The SMILES string of the molecule is Cn1cc(-c2ncccc2CNC(=O)N2CCN(S(C)(=O)=O)C2=O)cn1. The standard InChI is InChI=1S/C15H18N6O4S/c1-19-10-12(9-18-19)13-11(4-3-5-16-13)8-17-14(22)20-6-7-21(15(20)23)26(2,24)25/h3-5,9-10H,6-8H2,1-2H3,(H,17,22). The summed E-state index contributed by atoms with van der Waals surface area (Å²) in [6, 6.07) is 2.06. The van der Waals surface area contributed by atoms with Crippen molar-refractivity contribution < 1.29 is 18.0 Å². The summed E-state index contributed by atoms with van der Waals surface area (Å²) in [6.07, 6.45) is 6.05. The number of hydrogen-bond acceptors (Lipinski definition) is 6. The van der Waals surface area contributed by atoms with Gasteiger partial charge in [-0.2, -0.15) is 5.10 Å². The highest BCUT2D eigenvalue weighted by Crippen LogP contribution is 2.20. The fourth-order valence-corrected chi connectivity index (χ4v) is 3.46. The topological polar surface area (TPSA) is 117 Å². The van der Waals surface area contributed by atoms with Gasteiger partial charge in [-0.3, -0.25) is 9.67 Å². The largest absolute Gasteiger partial charge is 0.341 e. The van der Waals surface area contributed by atoms with Crippen molar-refractivity contribution in [2.24, 2.45) is 7.05 Å². The zero-order chi connectivity index (χ0) is 18.9. The van der Waals surface area contributed by atoms with Gasteiger partial charge >= 0.3 is 12.1 Å². The number of urea groups is 2. The number of hydrogen-bond donors (Lipinski definition) is 1. The number of nitrogens with one attached hydrogen (secondary N) is 1. The lowest BCUT2D eigenvalue weighted by Gasteiger charge is -2.16. The fourth-order valence-electron chi connectivity index (χ4n) is 2.66. The van der Waals surface area contributed by atoms with Crippen LogP contribution in [0.15, 0.2) is 30.7 Å². The van der Waals surface area contributed by atoms with Gasteiger partial charge in [0.15, 0.2) is 0 Å². The summed E-state index contributed by atoms with van der Waals surface area (Å²) in [5.74, 6) is 0. The molecule has 0 aromatic carbocycles. The van der Waals surface area contributed by atoms with E-state index < -0.39 is 22.1 Å². The summed E-state index contributed by atoms with van der Waals surface area (Å²) in [4.78, 5) is 29.6. The quantitative estimate of drug-likeness (QED) is 0.822. The molecule has 4 amide bonds. The lowest BCUT2D eigenvalue weighted by Crippen LogP contribution is -2.43. The minimum Gasteiger partial charge on any atom is -0.333 e. The molecule has 0 spiro atoms. The van der Waals surface area contributed by atoms with Gasteiger partial charge in [-0.15, -0.1) is 0 Å². The van der Waals surface area contributed by atoms with Crippen LogP contribution in [0.2, 0.25) is 0 Å². The van der Waals surface area contributed by atoms with Crippen LogP contribution in [0.3, 0.4) is 0 Å². The van der Waals surface area contributed by atoms with Crippen molar-refractivity contribution in [1.82, 2.24) is 29.3 Å². The molecule has 2 aromatic rings. The molecule has 3 heterocycles. The van der Waals surface area contributed by atoms with Crippen LogP contribution in [0.1, 0.15) is 5.56 Å². The van der Waals surface area contributed by atoms with Gasteiger partial charge in [-0.25, -0.2) is 27.2 Å². The predicted molar refractivity (Wildman–Crippen MR) is 92.3 cm³/mol. The summed E-state index contributed by atoms with van der Waals surface area (Å²) in [5, 5.41) is 6.75. The molecule has 2 aromatic heterocycles. The first-order chi connectivity index (χ1) is 12.3. The number of pyridine rings is 1. The maximum Gasteiger partial charge on any atom is 0.341 e. The van der Waals surface area contributed by atoms with Gasteiger partial charge in [0.1, 0.15) is 0 Å². The third-order valence-corrected chi connectivity index (χ3v) is 5.06. The molecule has 138 valence electrons. The number of carbonyl (C=O) groups is 2. The molecule has 11 heteroatoms. The van der Waals surface area contributed by atoms with Gasteiger partial charge in [0.05, 0.1) is 31.2 Å². The molecule has 0 unspecified atom stereocenters. The molecule has 1 saturated heterocycles. The van der Waals surface area contributed by atoms with E-state index in [-0.39, 0.29) is 19.6 Å². The van der Waals surface area contributed by atoms with Crippen molar-refractivity contribution in [3.63, 3.8) is 0 Å². The van der Waals surface area contributed by atoms with E-state index in [1.807, 2.05) is 12.3 Å². The number of nitrogens with zero attached hydrogens (tertiary/aromatic N) is 5. The average molecular weight is 378 g/mol. The second kappa shape index (κ2) is 6.75. The third-order valence-electron chi connectivity index (χ3n) is 3.92. The normalized spacial score (nSPS) is 14.8. The number of sulfonamides is 1. The number of amides is 4. The number of rotatable bonds is 4. The van der Waals surface area contributed by atoms with Crippen LogP contribution in [0.4, 0.5) is 9.59 Å². The van der Waals surface area contributed by atoms with Crippen LogP contribution >= 0.6 is 0 Å². The first kappa shape index (κ1) is 17.9. The summed E-state index contributed by atoms with van der Waals surface area (Å²) in [5.41, 5.74) is 2.23. The Morgan fingerprint density at radius 2 is 2.12 bits per heavy atom. The second-order valence-corrected chi connectivity index (χ2v) is 7.75. The maximum atomic E-state index is 12.3. The molecule has 10 nitrogen and oxygen atoms in total. The summed E-state index contributed by atoms with van der Waals surface area (Å²) >= 11 is 0. The van der Waals surface area contributed by atoms with E-state index in [1.165, 1.54) is 0 Å². The third kappa shape index (κ3) is 3.52. The molecular weight excluding hydrogens is 360 g/mol. The van der Waals surface area contributed by atoms with E-state index in [0.29, 0.717) is 10.00 Å². The second-order valence-electron chi connectivity index (χ2n) is 5.84. The maximum absolute atomic E-state index is 12.3. The van der Waals surface area contributed by atoms with E-state index in [2.05, 4.69) is 15.4 Å². The zero-order valence-corrected chi connectivity index (χ0v) is 15.1. The Labute approximate surface area is 150 Å². The van der Waals surface area contributed by atoms with Gasteiger partial charge < -0.3 is 5.32 Å². The molecule has 0 atom stereocenters. The minimum absolute atomic E-state index is 0.0141. The molecule has 1 fully saturated rings. The van der Waals surface area contributed by atoms with Crippen LogP contribution in [0.5, 0.6) is 0 Å². The van der Waals surface area contributed by atoms with Gasteiger partial charge in [0.25, 0.3) is 0 Å². The molecule has 0 aliphatic carbocycles. The van der Waals surface area contributed by atoms with Crippen molar-refractivity contribution >= 4 is 22.1 Å². The first-order valence-corrected chi connectivity index (χ1v) is 9.62. The monoisotopic (exact) mass is 378 g/mol. The first-order valence-electron chi connectivity index (χ1n) is 7.77. The summed E-state index contributed by atoms with van der Waals surface area (Å²) in [7, 11) is -1.89. The number of imide groups is 1. The Morgan fingerprint density at radius 1 is 1.35 bits per heavy atom. The smallest absolute Gasteiger partial charge is 0.333 e. The summed E-state index contributed by atoms with van der Waals surface area (Å²) < 4.78 is 25.4. The Hall–Kier alpha value is -2.95. The van der Waals surface area contributed by atoms with Gasteiger partial charge in [-0.05, 0) is 11.6 Å². The van der Waals surface area contributed by atoms with E-state index in [9.17, 15) is 18.0 Å². The van der Waals surface area contributed by atoms with Gasteiger partial charge in [-0.1, -0.05) is 6.07 Å². The van der Waals surface area contributed by atoms with Crippen LogP contribution in [0.25, 0.3) is 11.3 Å². The van der Waals surface area contributed by atoms with E-state index in [0.717, 1.165) is 22.3 Å². The number of aryl methyl sites for hydroxylation is 1. The van der Waals surface area contributed by atoms with Crippen molar-refractivity contribution in [2.75, 3.05) is 19.3 Å². The molecule has 0 saturated carbocycles. The Bertz CT molecular complexity index is 955. The highest BCUT2D eigenvalue weighted by Gasteiger charge is 2.38. The van der Waals surface area contributed by atoms with Crippen LogP contribution in [-0.4, -0.2) is 63.8 Å². The van der Waals surface area contributed by atoms with Crippen LogP contribution < -0.4 is 5.32 Å². The Balaban J connectivity index is 1.71. The lowest BCUT2D eigenvalue weighted by atomic mass is 10.1. The van der Waals surface area contributed by atoms with Crippen LogP contribution in [0, 0.1) is 0 Å². The van der Waals surface area contributed by atoms with Gasteiger partial charge in [0.2, 0.25) is 10.0 Å². The molecule has 1 aliphatic heterocycles. The van der Waals surface area contributed by atoms with E-state index in [4.69, 9.17) is 0 Å². The number of carbonyl (C=O) groups excluding carboxylic acids is 2. The summed E-state index contributed by atoms with van der Waals surface area (Å²) in [6.45, 7) is 0.110. The predicted octanol–water partition coefficient (Wildman–Crippen LogP) is 0.389. The Morgan fingerprint density at radius 3 is 2.73 bits per heavy atom. The van der Waals surface area contributed by atoms with Crippen molar-refractivity contribution in [2.45, 2.75) is 6.54 Å². The molecule has 1 aliphatic rings. The van der Waals surface area contributed by atoms with Crippen molar-refractivity contribution in [3.05, 3.63) is 36.3 Å². The molecule has 3 rings (SSSR count). The molecule has 0 bridgehead atoms. The average Bonchev–Trinajstić information content (AvgIpc) is 3.18. The van der Waals surface area contributed by atoms with E-state index in [1.54, 1.807) is 30.2 Å². The number of aromatic nitrogens is 3. The van der Waals surface area contributed by atoms with Crippen molar-refractivity contribution in [3.8, 4) is 11.3 Å². The fraction of sp³-hybridized carbons (Fsp3) is 0.333. The van der Waals surface area contributed by atoms with Crippen LogP contribution in [-0.2, 0) is 23.6 Å². The lowest BCUT2D eigenvalue weighted by molar-refractivity contribution is 0.193. The van der Waals surface area contributed by atoms with E-state index >= 15 is 0 Å². The highest BCUT2D eigenvalue weighted by atomic mass is 32.2. The zero-order valence-electron chi connectivity index (χ0n) is 14.3. The molecular formula is C15H18N6O4S. The Kier molecular flexibility index (Phi) is 4.64.